The number of hydrogen-bond acceptors (Lipinski definition) is 4. The quantitative estimate of drug-likeness (QED) is 0.416. The van der Waals surface area contributed by atoms with Gasteiger partial charge in [-0.05, 0) is 35.4 Å². The van der Waals surface area contributed by atoms with Gasteiger partial charge in [-0.15, -0.1) is 0 Å². The minimum atomic E-state index is -0.472. The highest BCUT2D eigenvalue weighted by Crippen LogP contribution is 2.32. The number of likely N-dealkylation sites (N-methyl/N-ethyl adjacent to an activating group) is 1. The van der Waals surface area contributed by atoms with Gasteiger partial charge in [0.25, 0.3) is 0 Å². The van der Waals surface area contributed by atoms with Crippen LogP contribution in [-0.2, 0) is 16.0 Å². The van der Waals surface area contributed by atoms with Crippen molar-refractivity contribution in [3.63, 3.8) is 0 Å². The molecule has 2 rings (SSSR count). The SMILES string of the molecule is CCCCCCCCC(C)c1ccc2c(c1)C[C@@H](CO)OC(=O)[C@H](C(C)C)N2C. The maximum Gasteiger partial charge on any atom is 0.329 e. The zero-order valence-corrected chi connectivity index (χ0v) is 19.1. The number of esters is 1. The number of aliphatic hydroxyl groups excluding tert-OH is 1. The molecule has 4 nitrogen and oxygen atoms in total. The Labute approximate surface area is 177 Å². The largest absolute Gasteiger partial charge is 0.458 e. The topological polar surface area (TPSA) is 49.8 Å². The van der Waals surface area contributed by atoms with Crippen molar-refractivity contribution in [1.82, 2.24) is 0 Å². The molecular weight excluding hydrogens is 362 g/mol. The van der Waals surface area contributed by atoms with Crippen LogP contribution in [-0.4, -0.2) is 36.9 Å². The molecule has 0 saturated carbocycles. The lowest BCUT2D eigenvalue weighted by Crippen LogP contribution is -2.47. The summed E-state index contributed by atoms with van der Waals surface area (Å²) in [5, 5.41) is 9.73. The molecule has 1 aromatic carbocycles. The van der Waals surface area contributed by atoms with E-state index in [9.17, 15) is 9.90 Å². The fourth-order valence-corrected chi connectivity index (χ4v) is 4.47. The molecule has 0 aliphatic carbocycles. The van der Waals surface area contributed by atoms with Gasteiger partial charge in [0.15, 0.2) is 0 Å². The zero-order chi connectivity index (χ0) is 21.4. The fourth-order valence-electron chi connectivity index (χ4n) is 4.47. The van der Waals surface area contributed by atoms with Gasteiger partial charge in [0.1, 0.15) is 12.1 Å². The Balaban J connectivity index is 2.14. The van der Waals surface area contributed by atoms with Crippen molar-refractivity contribution in [2.24, 2.45) is 5.92 Å². The van der Waals surface area contributed by atoms with Gasteiger partial charge in [-0.2, -0.15) is 0 Å². The van der Waals surface area contributed by atoms with Gasteiger partial charge in [-0.25, -0.2) is 4.79 Å². The summed E-state index contributed by atoms with van der Waals surface area (Å²) in [4.78, 5) is 14.7. The van der Waals surface area contributed by atoms with Crippen molar-refractivity contribution in [2.75, 3.05) is 18.6 Å². The van der Waals surface area contributed by atoms with Crippen LogP contribution in [0.5, 0.6) is 0 Å². The maximum atomic E-state index is 12.6. The molecule has 1 unspecified atom stereocenters. The Hall–Kier alpha value is -1.55. The van der Waals surface area contributed by atoms with Crippen LogP contribution < -0.4 is 4.90 Å². The minimum Gasteiger partial charge on any atom is -0.458 e. The summed E-state index contributed by atoms with van der Waals surface area (Å²) < 4.78 is 5.62. The van der Waals surface area contributed by atoms with Gasteiger partial charge in [0.05, 0.1) is 6.61 Å². The average molecular weight is 404 g/mol. The van der Waals surface area contributed by atoms with Crippen molar-refractivity contribution in [1.29, 1.82) is 0 Å². The monoisotopic (exact) mass is 403 g/mol. The van der Waals surface area contributed by atoms with E-state index in [0.717, 1.165) is 11.3 Å². The second-order valence-corrected chi connectivity index (χ2v) is 9.09. The molecule has 0 fully saturated rings. The molecule has 1 aliphatic rings. The molecule has 29 heavy (non-hydrogen) atoms. The third-order valence-corrected chi connectivity index (χ3v) is 6.27. The number of aliphatic hydroxyl groups is 1. The van der Waals surface area contributed by atoms with Gasteiger partial charge in [0, 0.05) is 19.2 Å². The number of nitrogens with zero attached hydrogens (tertiary/aromatic N) is 1. The molecule has 3 atom stereocenters. The van der Waals surface area contributed by atoms with Crippen molar-refractivity contribution in [3.8, 4) is 0 Å². The number of anilines is 1. The fraction of sp³-hybridized carbons (Fsp3) is 0.720. The summed E-state index contributed by atoms with van der Waals surface area (Å²) in [6, 6.07) is 6.31. The lowest BCUT2D eigenvalue weighted by Gasteiger charge is -2.36. The summed E-state index contributed by atoms with van der Waals surface area (Å²) in [6.07, 6.45) is 9.22. The van der Waals surface area contributed by atoms with E-state index in [-0.39, 0.29) is 24.5 Å². The van der Waals surface area contributed by atoms with Gasteiger partial charge in [-0.1, -0.05) is 78.4 Å². The highest BCUT2D eigenvalue weighted by Gasteiger charge is 2.34. The first-order chi connectivity index (χ1) is 13.9. The lowest BCUT2D eigenvalue weighted by atomic mass is 9.90. The van der Waals surface area contributed by atoms with Crippen molar-refractivity contribution >= 4 is 11.7 Å². The van der Waals surface area contributed by atoms with E-state index in [1.807, 2.05) is 20.9 Å². The first kappa shape index (κ1) is 23.7. The van der Waals surface area contributed by atoms with E-state index in [0.29, 0.717) is 12.3 Å². The molecule has 4 heteroatoms. The number of fused-ring (bicyclic) bond motifs is 1. The number of unbranched alkanes of at least 4 members (excludes halogenated alkanes) is 5. The molecule has 1 aliphatic heterocycles. The van der Waals surface area contributed by atoms with Gasteiger partial charge >= 0.3 is 5.97 Å². The number of hydrogen-bond donors (Lipinski definition) is 1. The van der Waals surface area contributed by atoms with Crippen LogP contribution in [0.2, 0.25) is 0 Å². The molecule has 0 saturated heterocycles. The van der Waals surface area contributed by atoms with Crippen LogP contribution in [0.15, 0.2) is 18.2 Å². The molecule has 0 radical (unpaired) electrons. The number of cyclic esters (lactones) is 1. The van der Waals surface area contributed by atoms with Crippen molar-refractivity contribution in [2.45, 2.75) is 97.1 Å². The van der Waals surface area contributed by atoms with Crippen LogP contribution in [0.4, 0.5) is 5.69 Å². The van der Waals surface area contributed by atoms with E-state index < -0.39 is 6.10 Å². The van der Waals surface area contributed by atoms with Gasteiger partial charge in [0.2, 0.25) is 0 Å². The lowest BCUT2D eigenvalue weighted by molar-refractivity contribution is -0.154. The Morgan fingerprint density at radius 3 is 2.48 bits per heavy atom. The number of carbonyl (C=O) groups is 1. The van der Waals surface area contributed by atoms with Crippen LogP contribution in [0.25, 0.3) is 0 Å². The Bertz CT molecular complexity index is 643. The number of ether oxygens (including phenoxy) is 1. The predicted octanol–water partition coefficient (Wildman–Crippen LogP) is 5.46. The molecule has 1 aromatic rings. The van der Waals surface area contributed by atoms with E-state index >= 15 is 0 Å². The molecule has 1 N–H and O–H groups in total. The van der Waals surface area contributed by atoms with Gasteiger partial charge in [-0.3, -0.25) is 0 Å². The average Bonchev–Trinajstić information content (AvgIpc) is 2.68. The molecule has 0 aromatic heterocycles. The molecule has 0 amide bonds. The number of rotatable bonds is 10. The van der Waals surface area contributed by atoms with E-state index in [1.165, 1.54) is 50.5 Å². The first-order valence-corrected chi connectivity index (χ1v) is 11.6. The molecule has 0 spiro atoms. The predicted molar refractivity (Wildman–Crippen MR) is 121 cm³/mol. The summed E-state index contributed by atoms with van der Waals surface area (Å²) >= 11 is 0. The Morgan fingerprint density at radius 2 is 1.83 bits per heavy atom. The van der Waals surface area contributed by atoms with Crippen LogP contribution in [0.3, 0.4) is 0 Å². The highest BCUT2D eigenvalue weighted by atomic mass is 16.6. The van der Waals surface area contributed by atoms with E-state index in [1.54, 1.807) is 0 Å². The summed E-state index contributed by atoms with van der Waals surface area (Å²) in [5.74, 6) is 0.398. The minimum absolute atomic E-state index is 0.129. The Morgan fingerprint density at radius 1 is 1.14 bits per heavy atom. The standard InChI is InChI=1S/C25H41NO3/c1-6-7-8-9-10-11-12-19(4)20-13-14-23-21(15-20)16-22(17-27)29-25(28)24(18(2)3)26(23)5/h13-15,18-19,22,24,27H,6-12,16-17H2,1-5H3/t19?,22-,24-/m0/s1. The maximum absolute atomic E-state index is 12.6. The van der Waals surface area contributed by atoms with Crippen molar-refractivity contribution < 1.29 is 14.6 Å². The van der Waals surface area contributed by atoms with Crippen LogP contribution in [0, 0.1) is 5.92 Å². The van der Waals surface area contributed by atoms with E-state index in [4.69, 9.17) is 4.74 Å². The van der Waals surface area contributed by atoms with Crippen molar-refractivity contribution in [3.05, 3.63) is 29.3 Å². The van der Waals surface area contributed by atoms with Crippen LogP contribution in [0.1, 0.15) is 89.7 Å². The Kier molecular flexibility index (Phi) is 9.48. The second kappa shape index (κ2) is 11.6. The van der Waals surface area contributed by atoms with E-state index in [2.05, 4.69) is 36.9 Å². The molecule has 0 bridgehead atoms. The van der Waals surface area contributed by atoms with Crippen LogP contribution >= 0.6 is 0 Å². The van der Waals surface area contributed by atoms with Gasteiger partial charge < -0.3 is 14.7 Å². The highest BCUT2D eigenvalue weighted by molar-refractivity contribution is 5.81. The second-order valence-electron chi connectivity index (χ2n) is 9.09. The number of benzene rings is 1. The summed E-state index contributed by atoms with van der Waals surface area (Å²) in [5.41, 5.74) is 3.58. The molecule has 1 heterocycles. The molecule has 164 valence electrons. The smallest absolute Gasteiger partial charge is 0.329 e. The normalized spacial score (nSPS) is 20.8. The summed E-state index contributed by atoms with van der Waals surface area (Å²) in [7, 11) is 1.98. The third kappa shape index (κ3) is 6.47. The summed E-state index contributed by atoms with van der Waals surface area (Å²) in [6.45, 7) is 8.49. The number of carbonyl (C=O) groups excluding carboxylic acids is 1. The molecular formula is C25H41NO3. The zero-order valence-electron chi connectivity index (χ0n) is 19.1. The first-order valence-electron chi connectivity index (χ1n) is 11.6. The third-order valence-electron chi connectivity index (χ3n) is 6.27.